The second-order valence-corrected chi connectivity index (χ2v) is 4.53. The molecular formula is C11H21NO2. The minimum absolute atomic E-state index is 0.0903. The van der Waals surface area contributed by atoms with Crippen LogP contribution in [0, 0.1) is 0 Å². The van der Waals surface area contributed by atoms with Gasteiger partial charge in [-0.2, -0.15) is 0 Å². The largest absolute Gasteiger partial charge is 0.391 e. The van der Waals surface area contributed by atoms with E-state index < -0.39 is 0 Å². The quantitative estimate of drug-likeness (QED) is 0.717. The third kappa shape index (κ3) is 2.27. The number of aliphatic hydroxyl groups excluding tert-OH is 1. The van der Waals surface area contributed by atoms with Gasteiger partial charge in [-0.25, -0.2) is 0 Å². The molecule has 0 radical (unpaired) electrons. The Hall–Kier alpha value is -0.120. The van der Waals surface area contributed by atoms with Crippen molar-refractivity contribution in [2.45, 2.75) is 50.3 Å². The maximum atomic E-state index is 9.85. The van der Waals surface area contributed by atoms with Crippen LogP contribution in [-0.4, -0.2) is 48.5 Å². The van der Waals surface area contributed by atoms with Crippen LogP contribution < -0.4 is 0 Å². The van der Waals surface area contributed by atoms with Gasteiger partial charge in [0, 0.05) is 25.7 Å². The molecule has 0 spiro atoms. The molecule has 0 aromatic rings. The molecule has 82 valence electrons. The van der Waals surface area contributed by atoms with Crippen LogP contribution in [0.3, 0.4) is 0 Å². The summed E-state index contributed by atoms with van der Waals surface area (Å²) in [6.07, 6.45) is 5.87. The maximum absolute atomic E-state index is 9.85. The highest BCUT2D eigenvalue weighted by Gasteiger charge is 2.38. The average Bonchev–Trinajstić information content (AvgIpc) is 2.92. The minimum Gasteiger partial charge on any atom is -0.391 e. The zero-order valence-corrected chi connectivity index (χ0v) is 8.98. The first kappa shape index (κ1) is 10.4. The summed E-state index contributed by atoms with van der Waals surface area (Å²) in [7, 11) is 1.75. The van der Waals surface area contributed by atoms with Crippen LogP contribution in [0.5, 0.6) is 0 Å². The van der Waals surface area contributed by atoms with Gasteiger partial charge >= 0.3 is 0 Å². The highest BCUT2D eigenvalue weighted by atomic mass is 16.5. The Morgan fingerprint density at radius 1 is 1.29 bits per heavy atom. The van der Waals surface area contributed by atoms with E-state index in [4.69, 9.17) is 4.74 Å². The van der Waals surface area contributed by atoms with Crippen molar-refractivity contribution in [3.8, 4) is 0 Å². The van der Waals surface area contributed by atoms with Gasteiger partial charge in [0.25, 0.3) is 0 Å². The van der Waals surface area contributed by atoms with E-state index in [0.29, 0.717) is 6.04 Å². The molecule has 14 heavy (non-hydrogen) atoms. The Kier molecular flexibility index (Phi) is 3.42. The van der Waals surface area contributed by atoms with E-state index >= 15 is 0 Å². The van der Waals surface area contributed by atoms with E-state index in [1.165, 1.54) is 25.7 Å². The normalized spacial score (nSPS) is 32.8. The van der Waals surface area contributed by atoms with Gasteiger partial charge in [0.05, 0.1) is 12.7 Å². The summed E-state index contributed by atoms with van der Waals surface area (Å²) < 4.78 is 5.12. The van der Waals surface area contributed by atoms with Crippen molar-refractivity contribution in [3.63, 3.8) is 0 Å². The lowest BCUT2D eigenvalue weighted by Gasteiger charge is -2.30. The number of ether oxygens (including phenoxy) is 1. The summed E-state index contributed by atoms with van der Waals surface area (Å²) >= 11 is 0. The number of aliphatic hydroxyl groups is 1. The lowest BCUT2D eigenvalue weighted by molar-refractivity contribution is 0.0470. The average molecular weight is 199 g/mol. The van der Waals surface area contributed by atoms with Gasteiger partial charge in [-0.3, -0.25) is 4.90 Å². The first-order valence-electron chi connectivity index (χ1n) is 5.75. The van der Waals surface area contributed by atoms with Crippen LogP contribution in [0.15, 0.2) is 0 Å². The fourth-order valence-corrected chi connectivity index (χ4v) is 2.53. The fraction of sp³-hybridized carbons (Fsp3) is 1.00. The summed E-state index contributed by atoms with van der Waals surface area (Å²) in [6, 6.07) is 1.15. The van der Waals surface area contributed by atoms with Crippen molar-refractivity contribution in [1.29, 1.82) is 0 Å². The smallest absolute Gasteiger partial charge is 0.0695 e. The van der Waals surface area contributed by atoms with Gasteiger partial charge in [0.2, 0.25) is 0 Å². The van der Waals surface area contributed by atoms with E-state index in [0.717, 1.165) is 25.6 Å². The van der Waals surface area contributed by atoms with Crippen LogP contribution in [0.2, 0.25) is 0 Å². The van der Waals surface area contributed by atoms with Crippen molar-refractivity contribution >= 4 is 0 Å². The van der Waals surface area contributed by atoms with Crippen molar-refractivity contribution < 1.29 is 9.84 Å². The summed E-state index contributed by atoms with van der Waals surface area (Å²) in [5.74, 6) is 0. The molecule has 2 aliphatic carbocycles. The minimum atomic E-state index is -0.0903. The second-order valence-electron chi connectivity index (χ2n) is 4.53. The molecule has 2 rings (SSSR count). The van der Waals surface area contributed by atoms with Crippen molar-refractivity contribution in [2.75, 3.05) is 20.3 Å². The molecular weight excluding hydrogens is 178 g/mol. The lowest BCUT2D eigenvalue weighted by atomic mass is 10.1. The summed E-state index contributed by atoms with van der Waals surface area (Å²) in [5, 5.41) is 9.85. The lowest BCUT2D eigenvalue weighted by Crippen LogP contribution is -2.43. The highest BCUT2D eigenvalue weighted by molar-refractivity contribution is 4.93. The van der Waals surface area contributed by atoms with Crippen molar-refractivity contribution in [3.05, 3.63) is 0 Å². The van der Waals surface area contributed by atoms with Crippen molar-refractivity contribution in [1.82, 2.24) is 4.90 Å². The Bertz CT molecular complexity index is 182. The Balaban J connectivity index is 1.88. The van der Waals surface area contributed by atoms with Crippen LogP contribution in [0.25, 0.3) is 0 Å². The summed E-state index contributed by atoms with van der Waals surface area (Å²) in [5.41, 5.74) is 0. The third-order valence-electron chi connectivity index (χ3n) is 3.44. The molecule has 0 amide bonds. The highest BCUT2D eigenvalue weighted by Crippen LogP contribution is 2.34. The van der Waals surface area contributed by atoms with E-state index in [1.807, 2.05) is 0 Å². The van der Waals surface area contributed by atoms with Crippen LogP contribution in [-0.2, 0) is 4.74 Å². The Morgan fingerprint density at radius 3 is 2.57 bits per heavy atom. The molecule has 0 saturated heterocycles. The molecule has 2 fully saturated rings. The van der Waals surface area contributed by atoms with Crippen molar-refractivity contribution in [2.24, 2.45) is 0 Å². The van der Waals surface area contributed by atoms with E-state index in [-0.39, 0.29) is 6.10 Å². The SMILES string of the molecule is COCCN(C1CC1)[C@@H]1CCC[C@H]1O. The molecule has 0 heterocycles. The molecule has 0 aromatic heterocycles. The van der Waals surface area contributed by atoms with Gasteiger partial charge in [-0.05, 0) is 32.1 Å². The predicted octanol–water partition coefficient (Wildman–Crippen LogP) is 1.01. The van der Waals surface area contributed by atoms with E-state index in [2.05, 4.69) is 4.90 Å². The monoisotopic (exact) mass is 199 g/mol. The Labute approximate surface area is 86.0 Å². The predicted molar refractivity (Wildman–Crippen MR) is 55.2 cm³/mol. The fourth-order valence-electron chi connectivity index (χ4n) is 2.53. The molecule has 0 bridgehead atoms. The topological polar surface area (TPSA) is 32.7 Å². The zero-order valence-electron chi connectivity index (χ0n) is 8.98. The maximum Gasteiger partial charge on any atom is 0.0695 e. The summed E-state index contributed by atoms with van der Waals surface area (Å²) in [6.45, 7) is 1.78. The first-order valence-corrected chi connectivity index (χ1v) is 5.75. The molecule has 0 aliphatic heterocycles. The van der Waals surface area contributed by atoms with E-state index in [1.54, 1.807) is 7.11 Å². The molecule has 1 N–H and O–H groups in total. The number of methoxy groups -OCH3 is 1. The third-order valence-corrected chi connectivity index (χ3v) is 3.44. The second kappa shape index (κ2) is 4.60. The van der Waals surface area contributed by atoms with Gasteiger partial charge in [-0.1, -0.05) is 0 Å². The zero-order chi connectivity index (χ0) is 9.97. The molecule has 2 atom stereocenters. The Morgan fingerprint density at radius 2 is 2.07 bits per heavy atom. The van der Waals surface area contributed by atoms with Crippen LogP contribution in [0.4, 0.5) is 0 Å². The standard InChI is InChI=1S/C11H21NO2/c1-14-8-7-12(9-5-6-9)10-3-2-4-11(10)13/h9-11,13H,2-8H2,1H3/t10-,11-/m1/s1. The van der Waals surface area contributed by atoms with Gasteiger partial charge in [0.15, 0.2) is 0 Å². The van der Waals surface area contributed by atoms with Gasteiger partial charge in [-0.15, -0.1) is 0 Å². The van der Waals surface area contributed by atoms with Gasteiger partial charge in [0.1, 0.15) is 0 Å². The first-order chi connectivity index (χ1) is 6.83. The molecule has 3 nitrogen and oxygen atoms in total. The van der Waals surface area contributed by atoms with Gasteiger partial charge < -0.3 is 9.84 Å². The summed E-state index contributed by atoms with van der Waals surface area (Å²) in [4.78, 5) is 2.47. The number of hydrogen-bond acceptors (Lipinski definition) is 3. The molecule has 0 aromatic carbocycles. The number of rotatable bonds is 5. The van der Waals surface area contributed by atoms with Crippen LogP contribution >= 0.6 is 0 Å². The number of hydrogen-bond donors (Lipinski definition) is 1. The molecule has 0 unspecified atom stereocenters. The van der Waals surface area contributed by atoms with Crippen LogP contribution in [0.1, 0.15) is 32.1 Å². The molecule has 3 heteroatoms. The molecule has 2 saturated carbocycles. The van der Waals surface area contributed by atoms with E-state index in [9.17, 15) is 5.11 Å². The number of nitrogens with zero attached hydrogens (tertiary/aromatic N) is 1. The molecule has 2 aliphatic rings.